The molecule has 1 saturated carbocycles. The van der Waals surface area contributed by atoms with Gasteiger partial charge in [0.2, 0.25) is 0 Å². The summed E-state index contributed by atoms with van der Waals surface area (Å²) in [6.45, 7) is 4.16. The van der Waals surface area contributed by atoms with E-state index in [4.69, 9.17) is 15.2 Å². The molecule has 3 nitrogen and oxygen atoms in total. The van der Waals surface area contributed by atoms with Crippen molar-refractivity contribution in [2.75, 3.05) is 13.2 Å². The van der Waals surface area contributed by atoms with Crippen LogP contribution in [0, 0.1) is 5.92 Å². The van der Waals surface area contributed by atoms with E-state index < -0.39 is 0 Å². The van der Waals surface area contributed by atoms with Crippen LogP contribution in [-0.4, -0.2) is 13.2 Å². The molecule has 19 heavy (non-hydrogen) atoms. The van der Waals surface area contributed by atoms with Crippen molar-refractivity contribution in [1.29, 1.82) is 0 Å². The van der Waals surface area contributed by atoms with Crippen LogP contribution in [0.5, 0.6) is 11.5 Å². The number of hydrogen-bond acceptors (Lipinski definition) is 3. The lowest BCUT2D eigenvalue weighted by Gasteiger charge is -2.15. The van der Waals surface area contributed by atoms with E-state index in [9.17, 15) is 0 Å². The summed E-state index contributed by atoms with van der Waals surface area (Å²) < 4.78 is 11.6. The van der Waals surface area contributed by atoms with E-state index in [1.807, 2.05) is 18.2 Å². The Kier molecular flexibility index (Phi) is 5.52. The fraction of sp³-hybridized carbons (Fsp3) is 0.625. The molecule has 0 heterocycles. The van der Waals surface area contributed by atoms with E-state index in [2.05, 4.69) is 6.92 Å². The van der Waals surface area contributed by atoms with E-state index >= 15 is 0 Å². The topological polar surface area (TPSA) is 44.5 Å². The zero-order valence-corrected chi connectivity index (χ0v) is 11.9. The molecular formula is C16H25NO2. The average Bonchev–Trinajstić information content (AvgIpc) is 2.96. The molecule has 0 saturated heterocycles. The molecule has 0 atom stereocenters. The van der Waals surface area contributed by atoms with Gasteiger partial charge in [-0.05, 0) is 31.2 Å². The van der Waals surface area contributed by atoms with Crippen LogP contribution in [0.3, 0.4) is 0 Å². The first kappa shape index (κ1) is 14.2. The highest BCUT2D eigenvalue weighted by Crippen LogP contribution is 2.29. The van der Waals surface area contributed by atoms with Gasteiger partial charge >= 0.3 is 0 Å². The minimum Gasteiger partial charge on any atom is -0.493 e. The SMILES string of the molecule is CCCOc1ccc(CN)c(OCC2CCCC2)c1. The Balaban J connectivity index is 1.98. The lowest BCUT2D eigenvalue weighted by Crippen LogP contribution is -2.10. The van der Waals surface area contributed by atoms with Crippen LogP contribution in [0.4, 0.5) is 0 Å². The molecule has 2 N–H and O–H groups in total. The molecule has 0 radical (unpaired) electrons. The van der Waals surface area contributed by atoms with Crippen molar-refractivity contribution in [3.05, 3.63) is 23.8 Å². The van der Waals surface area contributed by atoms with Crippen molar-refractivity contribution >= 4 is 0 Å². The van der Waals surface area contributed by atoms with Gasteiger partial charge in [0.25, 0.3) is 0 Å². The van der Waals surface area contributed by atoms with E-state index in [-0.39, 0.29) is 0 Å². The molecule has 0 bridgehead atoms. The summed E-state index contributed by atoms with van der Waals surface area (Å²) in [5, 5.41) is 0. The van der Waals surface area contributed by atoms with E-state index in [1.54, 1.807) is 0 Å². The normalized spacial score (nSPS) is 15.7. The van der Waals surface area contributed by atoms with Crippen molar-refractivity contribution in [2.24, 2.45) is 11.7 Å². The lowest BCUT2D eigenvalue weighted by molar-refractivity contribution is 0.247. The van der Waals surface area contributed by atoms with Gasteiger partial charge in [0.1, 0.15) is 11.5 Å². The fourth-order valence-electron chi connectivity index (χ4n) is 2.53. The van der Waals surface area contributed by atoms with Crippen LogP contribution in [0.2, 0.25) is 0 Å². The van der Waals surface area contributed by atoms with Crippen LogP contribution in [-0.2, 0) is 6.54 Å². The predicted molar refractivity (Wildman–Crippen MR) is 77.6 cm³/mol. The summed E-state index contributed by atoms with van der Waals surface area (Å²) in [6.07, 6.45) is 6.29. The Labute approximate surface area is 116 Å². The van der Waals surface area contributed by atoms with Crippen LogP contribution in [0.25, 0.3) is 0 Å². The summed E-state index contributed by atoms with van der Waals surface area (Å²) in [5.41, 5.74) is 6.82. The van der Waals surface area contributed by atoms with Gasteiger partial charge in [0.15, 0.2) is 0 Å². The van der Waals surface area contributed by atoms with Gasteiger partial charge in [-0.2, -0.15) is 0 Å². The van der Waals surface area contributed by atoms with Gasteiger partial charge < -0.3 is 15.2 Å². The summed E-state index contributed by atoms with van der Waals surface area (Å²) >= 11 is 0. The molecule has 1 aromatic carbocycles. The molecule has 0 amide bonds. The molecule has 1 aliphatic rings. The first-order chi connectivity index (χ1) is 9.33. The van der Waals surface area contributed by atoms with Crippen molar-refractivity contribution in [3.8, 4) is 11.5 Å². The third kappa shape index (κ3) is 4.13. The minimum atomic E-state index is 0.508. The maximum atomic E-state index is 5.97. The van der Waals surface area contributed by atoms with Gasteiger partial charge in [-0.1, -0.05) is 25.8 Å². The Morgan fingerprint density at radius 1 is 1.21 bits per heavy atom. The molecule has 0 spiro atoms. The van der Waals surface area contributed by atoms with E-state index in [0.29, 0.717) is 12.5 Å². The van der Waals surface area contributed by atoms with Crippen molar-refractivity contribution in [2.45, 2.75) is 45.6 Å². The number of benzene rings is 1. The second-order valence-electron chi connectivity index (χ2n) is 5.28. The van der Waals surface area contributed by atoms with Crippen LogP contribution in [0.1, 0.15) is 44.6 Å². The van der Waals surface area contributed by atoms with Gasteiger partial charge in [0, 0.05) is 18.2 Å². The molecular weight excluding hydrogens is 238 g/mol. The highest BCUT2D eigenvalue weighted by molar-refractivity contribution is 5.40. The largest absolute Gasteiger partial charge is 0.493 e. The highest BCUT2D eigenvalue weighted by atomic mass is 16.5. The smallest absolute Gasteiger partial charge is 0.127 e. The summed E-state index contributed by atoms with van der Waals surface area (Å²) in [6, 6.07) is 5.96. The van der Waals surface area contributed by atoms with Crippen LogP contribution >= 0.6 is 0 Å². The van der Waals surface area contributed by atoms with Crippen molar-refractivity contribution in [1.82, 2.24) is 0 Å². The van der Waals surface area contributed by atoms with Gasteiger partial charge in [0.05, 0.1) is 13.2 Å². The number of nitrogens with two attached hydrogens (primary N) is 1. The first-order valence-corrected chi connectivity index (χ1v) is 7.42. The Hall–Kier alpha value is -1.22. The van der Waals surface area contributed by atoms with E-state index in [1.165, 1.54) is 25.7 Å². The van der Waals surface area contributed by atoms with Crippen molar-refractivity contribution < 1.29 is 9.47 Å². The Bertz CT molecular complexity index is 386. The van der Waals surface area contributed by atoms with Gasteiger partial charge in [-0.25, -0.2) is 0 Å². The van der Waals surface area contributed by atoms with Crippen LogP contribution in [0.15, 0.2) is 18.2 Å². The molecule has 0 aromatic heterocycles. The average molecular weight is 263 g/mol. The predicted octanol–water partition coefficient (Wildman–Crippen LogP) is 3.50. The number of rotatable bonds is 7. The lowest BCUT2D eigenvalue weighted by atomic mass is 10.1. The molecule has 1 aromatic rings. The minimum absolute atomic E-state index is 0.508. The first-order valence-electron chi connectivity index (χ1n) is 7.42. The second-order valence-corrected chi connectivity index (χ2v) is 5.28. The number of hydrogen-bond donors (Lipinski definition) is 1. The molecule has 2 rings (SSSR count). The van der Waals surface area contributed by atoms with Gasteiger partial charge in [-0.3, -0.25) is 0 Å². The van der Waals surface area contributed by atoms with E-state index in [0.717, 1.165) is 36.7 Å². The zero-order valence-electron chi connectivity index (χ0n) is 11.9. The second kappa shape index (κ2) is 7.39. The maximum absolute atomic E-state index is 5.97. The summed E-state index contributed by atoms with van der Waals surface area (Å²) in [7, 11) is 0. The monoisotopic (exact) mass is 263 g/mol. The third-order valence-corrected chi connectivity index (χ3v) is 3.68. The van der Waals surface area contributed by atoms with Gasteiger partial charge in [-0.15, -0.1) is 0 Å². The number of ether oxygens (including phenoxy) is 2. The Morgan fingerprint density at radius 3 is 2.68 bits per heavy atom. The summed E-state index contributed by atoms with van der Waals surface area (Å²) in [5.74, 6) is 2.48. The van der Waals surface area contributed by atoms with Crippen LogP contribution < -0.4 is 15.2 Å². The third-order valence-electron chi connectivity index (χ3n) is 3.68. The zero-order chi connectivity index (χ0) is 13.5. The molecule has 3 heteroatoms. The molecule has 0 unspecified atom stereocenters. The van der Waals surface area contributed by atoms with Crippen molar-refractivity contribution in [3.63, 3.8) is 0 Å². The summed E-state index contributed by atoms with van der Waals surface area (Å²) in [4.78, 5) is 0. The molecule has 1 fully saturated rings. The molecule has 106 valence electrons. The molecule has 0 aliphatic heterocycles. The standard InChI is InChI=1S/C16H25NO2/c1-2-9-18-15-8-7-14(11-17)16(10-15)19-12-13-5-3-4-6-13/h7-8,10,13H,2-6,9,11-12,17H2,1H3. The maximum Gasteiger partial charge on any atom is 0.127 e. The highest BCUT2D eigenvalue weighted by Gasteiger charge is 2.16. The Morgan fingerprint density at radius 2 is 2.00 bits per heavy atom. The molecule has 1 aliphatic carbocycles. The quantitative estimate of drug-likeness (QED) is 0.818. The fourth-order valence-corrected chi connectivity index (χ4v) is 2.53.